The van der Waals surface area contributed by atoms with Crippen molar-refractivity contribution in [3.63, 3.8) is 0 Å². The maximum Gasteiger partial charge on any atom is 0.338 e. The number of para-hydroxylation sites is 2. The predicted octanol–water partition coefficient (Wildman–Crippen LogP) is 5.19. The SMILES string of the molecule is COc1ccccc1OCc1ccc(C(=O)OC(C)c2ccccc2)cc1. The lowest BCUT2D eigenvalue weighted by molar-refractivity contribution is 0.0338. The third kappa shape index (κ3) is 4.88. The minimum atomic E-state index is -0.344. The van der Waals surface area contributed by atoms with Gasteiger partial charge in [0.05, 0.1) is 12.7 Å². The summed E-state index contributed by atoms with van der Waals surface area (Å²) in [7, 11) is 1.61. The highest BCUT2D eigenvalue weighted by Gasteiger charge is 2.13. The van der Waals surface area contributed by atoms with Gasteiger partial charge in [-0.2, -0.15) is 0 Å². The van der Waals surface area contributed by atoms with Gasteiger partial charge in [0.1, 0.15) is 12.7 Å². The zero-order valence-corrected chi connectivity index (χ0v) is 15.4. The van der Waals surface area contributed by atoms with Crippen molar-refractivity contribution in [2.75, 3.05) is 7.11 Å². The third-order valence-electron chi connectivity index (χ3n) is 4.21. The molecule has 0 heterocycles. The molecule has 0 N–H and O–H groups in total. The van der Waals surface area contributed by atoms with E-state index in [0.29, 0.717) is 23.7 Å². The van der Waals surface area contributed by atoms with Crippen molar-refractivity contribution in [3.05, 3.63) is 95.6 Å². The molecule has 1 unspecified atom stereocenters. The monoisotopic (exact) mass is 362 g/mol. The quantitative estimate of drug-likeness (QED) is 0.543. The van der Waals surface area contributed by atoms with E-state index < -0.39 is 0 Å². The van der Waals surface area contributed by atoms with Crippen LogP contribution < -0.4 is 9.47 Å². The summed E-state index contributed by atoms with van der Waals surface area (Å²) in [4.78, 5) is 12.3. The fourth-order valence-corrected chi connectivity index (χ4v) is 2.66. The molecule has 0 aliphatic carbocycles. The predicted molar refractivity (Wildman–Crippen MR) is 104 cm³/mol. The molecule has 4 heteroatoms. The van der Waals surface area contributed by atoms with Crippen molar-refractivity contribution >= 4 is 5.97 Å². The first-order valence-corrected chi connectivity index (χ1v) is 8.78. The Morgan fingerprint density at radius 2 is 1.48 bits per heavy atom. The molecule has 27 heavy (non-hydrogen) atoms. The molecule has 0 aliphatic heterocycles. The molecule has 3 aromatic rings. The first-order valence-electron chi connectivity index (χ1n) is 8.78. The number of ether oxygens (including phenoxy) is 3. The van der Waals surface area contributed by atoms with Crippen LogP contribution in [0.3, 0.4) is 0 Å². The van der Waals surface area contributed by atoms with E-state index >= 15 is 0 Å². The Morgan fingerprint density at radius 1 is 0.852 bits per heavy atom. The first-order chi connectivity index (χ1) is 13.2. The Balaban J connectivity index is 1.59. The van der Waals surface area contributed by atoms with Gasteiger partial charge < -0.3 is 14.2 Å². The second-order valence-electron chi connectivity index (χ2n) is 6.09. The number of carbonyl (C=O) groups excluding carboxylic acids is 1. The van der Waals surface area contributed by atoms with Crippen LogP contribution in [-0.4, -0.2) is 13.1 Å². The molecule has 0 saturated carbocycles. The summed E-state index contributed by atoms with van der Waals surface area (Å²) < 4.78 is 16.6. The number of benzene rings is 3. The average molecular weight is 362 g/mol. The van der Waals surface area contributed by atoms with E-state index in [0.717, 1.165) is 11.1 Å². The lowest BCUT2D eigenvalue weighted by atomic mass is 10.1. The highest BCUT2D eigenvalue weighted by Crippen LogP contribution is 2.26. The van der Waals surface area contributed by atoms with Crippen LogP contribution in [0.4, 0.5) is 0 Å². The normalized spacial score (nSPS) is 11.5. The average Bonchev–Trinajstić information content (AvgIpc) is 2.73. The number of methoxy groups -OCH3 is 1. The maximum atomic E-state index is 12.3. The Hall–Kier alpha value is -3.27. The van der Waals surface area contributed by atoms with Crippen molar-refractivity contribution in [2.24, 2.45) is 0 Å². The summed E-state index contributed by atoms with van der Waals surface area (Å²) in [6.07, 6.45) is -0.299. The highest BCUT2D eigenvalue weighted by atomic mass is 16.5. The van der Waals surface area contributed by atoms with Crippen molar-refractivity contribution in [3.8, 4) is 11.5 Å². The lowest BCUT2D eigenvalue weighted by Gasteiger charge is -2.14. The Labute approximate surface area is 159 Å². The van der Waals surface area contributed by atoms with Gasteiger partial charge in [-0.15, -0.1) is 0 Å². The topological polar surface area (TPSA) is 44.8 Å². The molecule has 4 nitrogen and oxygen atoms in total. The zero-order valence-electron chi connectivity index (χ0n) is 15.4. The fourth-order valence-electron chi connectivity index (χ4n) is 2.66. The van der Waals surface area contributed by atoms with Gasteiger partial charge in [-0.25, -0.2) is 4.79 Å². The van der Waals surface area contributed by atoms with Gasteiger partial charge in [0.15, 0.2) is 11.5 Å². The third-order valence-corrected chi connectivity index (χ3v) is 4.21. The van der Waals surface area contributed by atoms with Gasteiger partial charge >= 0.3 is 5.97 Å². The highest BCUT2D eigenvalue weighted by molar-refractivity contribution is 5.89. The molecule has 0 radical (unpaired) electrons. The molecular formula is C23H22O4. The number of carbonyl (C=O) groups is 1. The summed E-state index contributed by atoms with van der Waals surface area (Å²) >= 11 is 0. The van der Waals surface area contributed by atoms with Gasteiger partial charge in [0.25, 0.3) is 0 Å². The number of rotatable bonds is 7. The molecule has 138 valence electrons. The fraction of sp³-hybridized carbons (Fsp3) is 0.174. The van der Waals surface area contributed by atoms with E-state index in [1.54, 1.807) is 19.2 Å². The molecule has 1 atom stereocenters. The largest absolute Gasteiger partial charge is 0.493 e. The van der Waals surface area contributed by atoms with E-state index in [1.165, 1.54) is 0 Å². The van der Waals surface area contributed by atoms with Gasteiger partial charge in [0, 0.05) is 0 Å². The van der Waals surface area contributed by atoms with Gasteiger partial charge in [-0.05, 0) is 42.3 Å². The minimum Gasteiger partial charge on any atom is -0.493 e. The second-order valence-corrected chi connectivity index (χ2v) is 6.09. The van der Waals surface area contributed by atoms with Crippen LogP contribution >= 0.6 is 0 Å². The smallest absolute Gasteiger partial charge is 0.338 e. The van der Waals surface area contributed by atoms with E-state index in [1.807, 2.05) is 73.7 Å². The van der Waals surface area contributed by atoms with E-state index in [4.69, 9.17) is 14.2 Å². The van der Waals surface area contributed by atoms with Gasteiger partial charge in [-0.3, -0.25) is 0 Å². The maximum absolute atomic E-state index is 12.3. The van der Waals surface area contributed by atoms with Crippen LogP contribution in [0.2, 0.25) is 0 Å². The summed E-state index contributed by atoms with van der Waals surface area (Å²) in [6, 6.07) is 24.4. The molecule has 3 aromatic carbocycles. The van der Waals surface area contributed by atoms with Gasteiger partial charge in [-0.1, -0.05) is 54.6 Å². The van der Waals surface area contributed by atoms with Gasteiger partial charge in [0.2, 0.25) is 0 Å². The van der Waals surface area contributed by atoms with Crippen molar-refractivity contribution in [1.29, 1.82) is 0 Å². The van der Waals surface area contributed by atoms with Crippen LogP contribution in [0.15, 0.2) is 78.9 Å². The van der Waals surface area contributed by atoms with Crippen LogP contribution in [0.5, 0.6) is 11.5 Å². The van der Waals surface area contributed by atoms with Crippen molar-refractivity contribution in [1.82, 2.24) is 0 Å². The minimum absolute atomic E-state index is 0.299. The molecule has 3 rings (SSSR count). The summed E-state index contributed by atoms with van der Waals surface area (Å²) in [5.41, 5.74) is 2.43. The lowest BCUT2D eigenvalue weighted by Crippen LogP contribution is -2.09. The Morgan fingerprint density at radius 3 is 2.15 bits per heavy atom. The number of hydrogen-bond acceptors (Lipinski definition) is 4. The standard InChI is InChI=1S/C23H22O4/c1-17(19-8-4-3-5-9-19)27-23(24)20-14-12-18(13-15-20)16-26-22-11-7-6-10-21(22)25-2/h3-15,17H,16H2,1-2H3. The van der Waals surface area contributed by atoms with E-state index in [2.05, 4.69) is 0 Å². The Kier molecular flexibility index (Phi) is 6.10. The summed E-state index contributed by atoms with van der Waals surface area (Å²) in [5, 5.41) is 0. The molecule has 0 spiro atoms. The van der Waals surface area contributed by atoms with Crippen LogP contribution in [0.1, 0.15) is 34.5 Å². The molecule has 0 aromatic heterocycles. The molecule has 0 aliphatic rings. The second kappa shape index (κ2) is 8.90. The molecular weight excluding hydrogens is 340 g/mol. The molecule has 0 fully saturated rings. The first kappa shape index (κ1) is 18.5. The molecule has 0 bridgehead atoms. The van der Waals surface area contributed by atoms with Crippen molar-refractivity contribution in [2.45, 2.75) is 19.6 Å². The van der Waals surface area contributed by atoms with Crippen LogP contribution in [0, 0.1) is 0 Å². The van der Waals surface area contributed by atoms with Crippen molar-refractivity contribution < 1.29 is 19.0 Å². The van der Waals surface area contributed by atoms with E-state index in [-0.39, 0.29) is 12.1 Å². The molecule has 0 saturated heterocycles. The molecule has 0 amide bonds. The summed E-state index contributed by atoms with van der Waals surface area (Å²) in [5.74, 6) is 1.02. The van der Waals surface area contributed by atoms with Crippen LogP contribution in [-0.2, 0) is 11.3 Å². The van der Waals surface area contributed by atoms with Crippen LogP contribution in [0.25, 0.3) is 0 Å². The number of esters is 1. The summed E-state index contributed by atoms with van der Waals surface area (Å²) in [6.45, 7) is 2.25. The van der Waals surface area contributed by atoms with E-state index in [9.17, 15) is 4.79 Å². The zero-order chi connectivity index (χ0) is 19.1. The Bertz CT molecular complexity index is 872. The number of hydrogen-bond donors (Lipinski definition) is 0.